The first kappa shape index (κ1) is 17.5. The molecule has 1 aromatic heterocycles. The van der Waals surface area contributed by atoms with Gasteiger partial charge in [-0.1, -0.05) is 12.5 Å². The first-order valence-electron chi connectivity index (χ1n) is 11.0. The number of fused-ring (bicyclic) bond motifs is 4. The molecule has 0 saturated heterocycles. The molecule has 0 unspecified atom stereocenters. The zero-order valence-corrected chi connectivity index (χ0v) is 16.8. The van der Waals surface area contributed by atoms with Crippen LogP contribution in [0.3, 0.4) is 0 Å². The van der Waals surface area contributed by atoms with E-state index in [0.717, 1.165) is 62.7 Å². The van der Waals surface area contributed by atoms with Crippen molar-refractivity contribution in [2.75, 3.05) is 24.5 Å². The molecule has 6 rings (SSSR count). The standard InChI is InChI=1S/C24H27FN4/c25-19-5-4-17-8-10-28(16-18(17)14-19)21-6-7-23-22(15-21)26-24-9-11-27(12-13-29(23)24)20-2-1-3-20/h4-7,14-15,20H,1-3,8-13,16H2. The Morgan fingerprint density at radius 3 is 2.69 bits per heavy atom. The molecule has 150 valence electrons. The average Bonchev–Trinajstić information content (AvgIpc) is 2.92. The van der Waals surface area contributed by atoms with Gasteiger partial charge in [-0.05, 0) is 60.7 Å². The Morgan fingerprint density at radius 1 is 0.897 bits per heavy atom. The lowest BCUT2D eigenvalue weighted by Crippen LogP contribution is -2.41. The summed E-state index contributed by atoms with van der Waals surface area (Å²) in [5.74, 6) is 1.08. The van der Waals surface area contributed by atoms with Crippen LogP contribution in [0, 0.1) is 5.82 Å². The van der Waals surface area contributed by atoms with Crippen molar-refractivity contribution in [2.24, 2.45) is 0 Å². The molecule has 3 heterocycles. The lowest BCUT2D eigenvalue weighted by molar-refractivity contribution is 0.130. The van der Waals surface area contributed by atoms with Gasteiger partial charge in [0.05, 0.1) is 11.0 Å². The minimum absolute atomic E-state index is 0.144. The Kier molecular flexibility index (Phi) is 4.12. The molecule has 0 spiro atoms. The summed E-state index contributed by atoms with van der Waals surface area (Å²) < 4.78 is 16.1. The highest BCUT2D eigenvalue weighted by molar-refractivity contribution is 5.80. The maximum absolute atomic E-state index is 13.7. The quantitative estimate of drug-likeness (QED) is 0.657. The molecule has 0 N–H and O–H groups in total. The second kappa shape index (κ2) is 6.84. The van der Waals surface area contributed by atoms with Crippen LogP contribution in [0.5, 0.6) is 0 Å². The Labute approximate surface area is 170 Å². The van der Waals surface area contributed by atoms with Gasteiger partial charge in [-0.3, -0.25) is 4.90 Å². The van der Waals surface area contributed by atoms with Crippen LogP contribution in [0.15, 0.2) is 36.4 Å². The number of hydrogen-bond donors (Lipinski definition) is 0. The highest BCUT2D eigenvalue weighted by Gasteiger charge is 2.27. The van der Waals surface area contributed by atoms with E-state index in [1.54, 1.807) is 12.1 Å². The molecule has 1 fully saturated rings. The van der Waals surface area contributed by atoms with E-state index in [4.69, 9.17) is 4.98 Å². The monoisotopic (exact) mass is 390 g/mol. The van der Waals surface area contributed by atoms with Crippen molar-refractivity contribution in [3.63, 3.8) is 0 Å². The number of imidazole rings is 1. The molecule has 3 aliphatic rings. The maximum Gasteiger partial charge on any atom is 0.123 e. The Balaban J connectivity index is 1.26. The lowest BCUT2D eigenvalue weighted by Gasteiger charge is -2.36. The first-order valence-corrected chi connectivity index (χ1v) is 11.0. The largest absolute Gasteiger partial charge is 0.367 e. The molecule has 0 amide bonds. The van der Waals surface area contributed by atoms with Gasteiger partial charge in [-0.2, -0.15) is 0 Å². The molecular formula is C24H27FN4. The van der Waals surface area contributed by atoms with Crippen molar-refractivity contribution in [2.45, 2.75) is 51.2 Å². The zero-order valence-electron chi connectivity index (χ0n) is 16.8. The van der Waals surface area contributed by atoms with E-state index >= 15 is 0 Å². The fourth-order valence-corrected chi connectivity index (χ4v) is 5.25. The number of halogens is 1. The van der Waals surface area contributed by atoms with Crippen LogP contribution in [-0.2, 0) is 25.9 Å². The second-order valence-electron chi connectivity index (χ2n) is 8.81. The maximum atomic E-state index is 13.7. The summed E-state index contributed by atoms with van der Waals surface area (Å²) >= 11 is 0. The van der Waals surface area contributed by atoms with E-state index in [1.807, 2.05) is 6.07 Å². The normalized spacial score (nSPS) is 20.2. The predicted molar refractivity (Wildman–Crippen MR) is 114 cm³/mol. The molecule has 2 aromatic carbocycles. The molecule has 0 atom stereocenters. The molecule has 1 saturated carbocycles. The molecule has 0 radical (unpaired) electrons. The van der Waals surface area contributed by atoms with Gasteiger partial charge in [0.2, 0.25) is 0 Å². The zero-order chi connectivity index (χ0) is 19.4. The van der Waals surface area contributed by atoms with Crippen LogP contribution in [0.2, 0.25) is 0 Å². The number of anilines is 1. The molecule has 29 heavy (non-hydrogen) atoms. The van der Waals surface area contributed by atoms with Crippen LogP contribution in [-0.4, -0.2) is 40.1 Å². The number of benzene rings is 2. The van der Waals surface area contributed by atoms with E-state index in [1.165, 1.54) is 41.9 Å². The van der Waals surface area contributed by atoms with Gasteiger partial charge in [0, 0.05) is 50.9 Å². The van der Waals surface area contributed by atoms with Crippen molar-refractivity contribution in [3.8, 4) is 0 Å². The average molecular weight is 391 g/mol. The van der Waals surface area contributed by atoms with E-state index in [2.05, 4.69) is 32.6 Å². The van der Waals surface area contributed by atoms with Crippen molar-refractivity contribution in [1.82, 2.24) is 14.5 Å². The van der Waals surface area contributed by atoms with E-state index in [9.17, 15) is 4.39 Å². The molecule has 2 aliphatic heterocycles. The van der Waals surface area contributed by atoms with Gasteiger partial charge in [0.1, 0.15) is 11.6 Å². The topological polar surface area (TPSA) is 24.3 Å². The molecule has 1 aliphatic carbocycles. The van der Waals surface area contributed by atoms with Crippen LogP contribution >= 0.6 is 0 Å². The van der Waals surface area contributed by atoms with Crippen LogP contribution < -0.4 is 4.90 Å². The Hall–Kier alpha value is -2.40. The van der Waals surface area contributed by atoms with E-state index in [0.29, 0.717) is 0 Å². The Bertz CT molecular complexity index is 1070. The van der Waals surface area contributed by atoms with Gasteiger partial charge in [-0.25, -0.2) is 9.37 Å². The molecule has 3 aromatic rings. The van der Waals surface area contributed by atoms with Crippen LogP contribution in [0.1, 0.15) is 36.2 Å². The summed E-state index contributed by atoms with van der Waals surface area (Å²) in [5.41, 5.74) is 5.92. The number of rotatable bonds is 2. The molecular weight excluding hydrogens is 363 g/mol. The fourth-order valence-electron chi connectivity index (χ4n) is 5.25. The summed E-state index contributed by atoms with van der Waals surface area (Å²) in [6, 6.07) is 12.7. The number of hydrogen-bond acceptors (Lipinski definition) is 3. The highest BCUT2D eigenvalue weighted by Crippen LogP contribution is 2.30. The van der Waals surface area contributed by atoms with E-state index in [-0.39, 0.29) is 5.82 Å². The highest BCUT2D eigenvalue weighted by atomic mass is 19.1. The fraction of sp³-hybridized carbons (Fsp3) is 0.458. The van der Waals surface area contributed by atoms with Crippen molar-refractivity contribution >= 4 is 16.7 Å². The summed E-state index contributed by atoms with van der Waals surface area (Å²) in [6.45, 7) is 5.04. The van der Waals surface area contributed by atoms with Gasteiger partial charge in [-0.15, -0.1) is 0 Å². The minimum atomic E-state index is -0.144. The van der Waals surface area contributed by atoms with Gasteiger partial charge in [0.15, 0.2) is 0 Å². The summed E-state index contributed by atoms with van der Waals surface area (Å²) in [4.78, 5) is 10.0. The SMILES string of the molecule is Fc1ccc2c(c1)CN(c1ccc3c(c1)nc1n3CCN(C3CCC3)CC1)CC2. The van der Waals surface area contributed by atoms with Crippen molar-refractivity contribution in [3.05, 3.63) is 59.2 Å². The van der Waals surface area contributed by atoms with Gasteiger partial charge >= 0.3 is 0 Å². The third kappa shape index (κ3) is 3.03. The second-order valence-corrected chi connectivity index (χ2v) is 8.81. The van der Waals surface area contributed by atoms with Crippen molar-refractivity contribution in [1.29, 1.82) is 0 Å². The molecule has 5 heteroatoms. The third-order valence-corrected chi connectivity index (χ3v) is 7.18. The summed E-state index contributed by atoms with van der Waals surface area (Å²) in [5, 5.41) is 0. The van der Waals surface area contributed by atoms with Crippen LogP contribution in [0.25, 0.3) is 11.0 Å². The molecule has 0 bridgehead atoms. The van der Waals surface area contributed by atoms with Crippen LogP contribution in [0.4, 0.5) is 10.1 Å². The number of nitrogens with zero attached hydrogens (tertiary/aromatic N) is 4. The molecule has 4 nitrogen and oxygen atoms in total. The van der Waals surface area contributed by atoms with Gasteiger partial charge in [0.25, 0.3) is 0 Å². The predicted octanol–water partition coefficient (Wildman–Crippen LogP) is 4.15. The number of aromatic nitrogens is 2. The van der Waals surface area contributed by atoms with Gasteiger partial charge < -0.3 is 9.47 Å². The van der Waals surface area contributed by atoms with E-state index < -0.39 is 0 Å². The van der Waals surface area contributed by atoms with Crippen molar-refractivity contribution < 1.29 is 4.39 Å². The summed E-state index contributed by atoms with van der Waals surface area (Å²) in [6.07, 6.45) is 6.14. The third-order valence-electron chi connectivity index (χ3n) is 7.18. The smallest absolute Gasteiger partial charge is 0.123 e. The lowest BCUT2D eigenvalue weighted by atomic mass is 9.91. The minimum Gasteiger partial charge on any atom is -0.367 e. The Morgan fingerprint density at radius 2 is 1.83 bits per heavy atom. The summed E-state index contributed by atoms with van der Waals surface area (Å²) in [7, 11) is 0. The first-order chi connectivity index (χ1) is 14.2.